The molecule has 0 aromatic heterocycles. The normalized spacial score (nSPS) is 17.5. The van der Waals surface area contributed by atoms with Crippen molar-refractivity contribution in [3.05, 3.63) is 76.9 Å². The summed E-state index contributed by atoms with van der Waals surface area (Å²) in [4.78, 5) is 12.6. The molecule has 3 aromatic carbocycles. The minimum atomic E-state index is -1.22. The molecule has 160 valence electrons. The Hall–Kier alpha value is -4.01. The third-order valence-corrected chi connectivity index (χ3v) is 4.94. The smallest absolute Gasteiger partial charge is 0.338 e. The number of rotatable bonds is 3. The maximum absolute atomic E-state index is 13.5. The number of esters is 1. The average molecular weight is 430 g/mol. The van der Waals surface area contributed by atoms with Gasteiger partial charge in [-0.25, -0.2) is 13.6 Å². The van der Waals surface area contributed by atoms with E-state index in [1.807, 2.05) is 0 Å². The van der Waals surface area contributed by atoms with Gasteiger partial charge < -0.3 is 29.9 Å². The first-order chi connectivity index (χ1) is 14.7. The molecule has 0 aliphatic carbocycles. The van der Waals surface area contributed by atoms with Crippen molar-refractivity contribution in [2.75, 3.05) is 0 Å². The number of hydrogen-bond acceptors (Lipinski definition) is 7. The second-order valence-electron chi connectivity index (χ2n) is 6.98. The zero-order valence-electron chi connectivity index (χ0n) is 15.8. The van der Waals surface area contributed by atoms with E-state index >= 15 is 0 Å². The Morgan fingerprint density at radius 2 is 1.65 bits per heavy atom. The van der Waals surface area contributed by atoms with Gasteiger partial charge >= 0.3 is 5.97 Å². The van der Waals surface area contributed by atoms with Crippen LogP contribution < -0.4 is 4.74 Å². The fourth-order valence-electron chi connectivity index (χ4n) is 3.39. The van der Waals surface area contributed by atoms with Gasteiger partial charge in [0.05, 0.1) is 5.56 Å². The number of phenolic OH excluding ortho intramolecular Hbond substituents is 4. The van der Waals surface area contributed by atoms with Crippen molar-refractivity contribution < 1.29 is 43.5 Å². The van der Waals surface area contributed by atoms with Crippen LogP contribution in [0.25, 0.3) is 0 Å². The highest BCUT2D eigenvalue weighted by molar-refractivity contribution is 5.89. The lowest BCUT2D eigenvalue weighted by atomic mass is 9.93. The molecule has 4 N–H and O–H groups in total. The van der Waals surface area contributed by atoms with E-state index in [0.717, 1.165) is 24.3 Å². The number of carbonyl (C=O) groups excluding carboxylic acids is 1. The van der Waals surface area contributed by atoms with Crippen LogP contribution in [0.3, 0.4) is 0 Å². The predicted molar refractivity (Wildman–Crippen MR) is 102 cm³/mol. The van der Waals surface area contributed by atoms with Crippen molar-refractivity contribution >= 4 is 5.97 Å². The fourth-order valence-corrected chi connectivity index (χ4v) is 3.39. The van der Waals surface area contributed by atoms with Crippen molar-refractivity contribution in [1.29, 1.82) is 0 Å². The summed E-state index contributed by atoms with van der Waals surface area (Å²) in [7, 11) is 0. The first kappa shape index (κ1) is 20.3. The maximum Gasteiger partial charge on any atom is 0.338 e. The van der Waals surface area contributed by atoms with E-state index in [-0.39, 0.29) is 29.0 Å². The zero-order valence-corrected chi connectivity index (χ0v) is 15.8. The molecule has 0 saturated carbocycles. The molecule has 2 atom stereocenters. The van der Waals surface area contributed by atoms with Crippen molar-refractivity contribution in [3.63, 3.8) is 0 Å². The molecule has 0 unspecified atom stereocenters. The van der Waals surface area contributed by atoms with Gasteiger partial charge in [0.15, 0.2) is 35.0 Å². The molecule has 0 spiro atoms. The predicted octanol–water partition coefficient (Wildman–Crippen LogP) is 3.69. The third-order valence-electron chi connectivity index (χ3n) is 4.94. The van der Waals surface area contributed by atoms with Crippen molar-refractivity contribution in [1.82, 2.24) is 0 Å². The molecule has 3 aromatic rings. The number of halogens is 2. The van der Waals surface area contributed by atoms with Crippen molar-refractivity contribution in [2.45, 2.75) is 18.6 Å². The summed E-state index contributed by atoms with van der Waals surface area (Å²) in [5, 5.41) is 39.5. The summed E-state index contributed by atoms with van der Waals surface area (Å²) in [5.41, 5.74) is 0.288. The first-order valence-electron chi connectivity index (χ1n) is 9.13. The molecule has 1 aliphatic heterocycles. The highest BCUT2D eigenvalue weighted by Gasteiger charge is 2.36. The van der Waals surface area contributed by atoms with Crippen LogP contribution in [-0.4, -0.2) is 32.5 Å². The lowest BCUT2D eigenvalue weighted by Crippen LogP contribution is -2.34. The minimum Gasteiger partial charge on any atom is -0.508 e. The van der Waals surface area contributed by atoms with E-state index in [1.165, 1.54) is 6.07 Å². The molecule has 0 fully saturated rings. The molecule has 0 saturated heterocycles. The molecule has 1 aliphatic rings. The van der Waals surface area contributed by atoms with Crippen molar-refractivity contribution in [2.24, 2.45) is 0 Å². The highest BCUT2D eigenvalue weighted by Crippen LogP contribution is 2.44. The van der Waals surface area contributed by atoms with Gasteiger partial charge in [0.25, 0.3) is 0 Å². The Labute approximate surface area is 174 Å². The molecule has 0 bridgehead atoms. The molecule has 7 nitrogen and oxygen atoms in total. The Balaban J connectivity index is 1.72. The van der Waals surface area contributed by atoms with Crippen LogP contribution in [0.15, 0.2) is 48.5 Å². The summed E-state index contributed by atoms with van der Waals surface area (Å²) < 4.78 is 38.0. The Bertz CT molecular complexity index is 1160. The quantitative estimate of drug-likeness (QED) is 0.370. The molecule has 0 amide bonds. The first-order valence-corrected chi connectivity index (χ1v) is 9.13. The second-order valence-corrected chi connectivity index (χ2v) is 6.98. The molecule has 1 heterocycles. The average Bonchev–Trinajstić information content (AvgIpc) is 2.73. The van der Waals surface area contributed by atoms with Crippen LogP contribution in [0.4, 0.5) is 8.78 Å². The van der Waals surface area contributed by atoms with E-state index < -0.39 is 47.1 Å². The summed E-state index contributed by atoms with van der Waals surface area (Å²) in [6.07, 6.45) is -2.14. The lowest BCUT2D eigenvalue weighted by Gasteiger charge is -2.34. The molecule has 31 heavy (non-hydrogen) atoms. The highest BCUT2D eigenvalue weighted by atomic mass is 19.2. The van der Waals surface area contributed by atoms with Gasteiger partial charge in [0, 0.05) is 17.5 Å². The molecule has 0 radical (unpaired) electrons. The topological polar surface area (TPSA) is 116 Å². The Kier molecular flexibility index (Phi) is 5.02. The second kappa shape index (κ2) is 7.67. The standard InChI is InChI=1S/C22H16F2O7/c23-13-5-4-10(6-14(13)24)22(29)31-19-9-12-15(25)2-1-3-18(12)30-21(19)11-7-16(26)20(28)17(27)8-11/h1-8,19,21,25-28H,9H2/t19-,21-/m1/s1. The number of hydrogen-bond donors (Lipinski definition) is 4. The number of ether oxygens (including phenoxy) is 2. The zero-order chi connectivity index (χ0) is 22.3. The van der Waals surface area contributed by atoms with E-state index in [4.69, 9.17) is 9.47 Å². The summed E-state index contributed by atoms with van der Waals surface area (Å²) >= 11 is 0. The third kappa shape index (κ3) is 3.77. The molecule has 4 rings (SSSR count). The molecular formula is C22H16F2O7. The van der Waals surface area contributed by atoms with Crippen LogP contribution in [-0.2, 0) is 11.2 Å². The SMILES string of the molecule is O=C(O[C@@H]1Cc2c(O)cccc2O[C@@H]1c1cc(O)c(O)c(O)c1)c1ccc(F)c(F)c1. The number of phenols is 4. The van der Waals surface area contributed by atoms with Crippen LogP contribution in [0.1, 0.15) is 27.6 Å². The number of aromatic hydroxyl groups is 4. The Morgan fingerprint density at radius 1 is 0.935 bits per heavy atom. The number of fused-ring (bicyclic) bond motifs is 1. The van der Waals surface area contributed by atoms with Crippen LogP contribution in [0.5, 0.6) is 28.7 Å². The van der Waals surface area contributed by atoms with Gasteiger partial charge in [0.1, 0.15) is 17.6 Å². The van der Waals surface area contributed by atoms with Gasteiger partial charge in [-0.2, -0.15) is 0 Å². The molecule has 9 heteroatoms. The van der Waals surface area contributed by atoms with Crippen LogP contribution >= 0.6 is 0 Å². The number of benzene rings is 3. The monoisotopic (exact) mass is 430 g/mol. The van der Waals surface area contributed by atoms with Gasteiger partial charge in [-0.15, -0.1) is 0 Å². The van der Waals surface area contributed by atoms with Crippen LogP contribution in [0.2, 0.25) is 0 Å². The van der Waals surface area contributed by atoms with E-state index in [9.17, 15) is 34.0 Å². The van der Waals surface area contributed by atoms with Gasteiger partial charge in [-0.05, 0) is 42.5 Å². The number of carbonyl (C=O) groups is 1. The van der Waals surface area contributed by atoms with Gasteiger partial charge in [-0.1, -0.05) is 6.07 Å². The Morgan fingerprint density at radius 3 is 2.32 bits per heavy atom. The molecular weight excluding hydrogens is 414 g/mol. The van der Waals surface area contributed by atoms with E-state index in [1.54, 1.807) is 12.1 Å². The summed E-state index contributed by atoms with van der Waals surface area (Å²) in [6.45, 7) is 0. The van der Waals surface area contributed by atoms with Gasteiger partial charge in [-0.3, -0.25) is 0 Å². The fraction of sp³-hybridized carbons (Fsp3) is 0.136. The van der Waals surface area contributed by atoms with Crippen molar-refractivity contribution in [3.8, 4) is 28.7 Å². The van der Waals surface area contributed by atoms with E-state index in [2.05, 4.69) is 0 Å². The summed E-state index contributed by atoms with van der Waals surface area (Å²) in [5.74, 6) is -5.08. The van der Waals surface area contributed by atoms with E-state index in [0.29, 0.717) is 11.6 Å². The summed E-state index contributed by atoms with van der Waals surface area (Å²) in [6, 6.07) is 9.36. The van der Waals surface area contributed by atoms with Gasteiger partial charge in [0.2, 0.25) is 0 Å². The lowest BCUT2D eigenvalue weighted by molar-refractivity contribution is -0.0188. The largest absolute Gasteiger partial charge is 0.508 e. The minimum absolute atomic E-state index is 0.00943. The maximum atomic E-state index is 13.5. The van der Waals surface area contributed by atoms with Crippen LogP contribution in [0, 0.1) is 11.6 Å².